The number of ether oxygens (including phenoxy) is 1. The van der Waals surface area contributed by atoms with Crippen molar-refractivity contribution < 1.29 is 24.2 Å². The average Bonchev–Trinajstić information content (AvgIpc) is 3.35. The van der Waals surface area contributed by atoms with Crippen LogP contribution in [0.2, 0.25) is 0 Å². The number of amides is 2. The molecule has 8 heteroatoms. The lowest BCUT2D eigenvalue weighted by atomic mass is 9.85. The second-order valence-electron chi connectivity index (χ2n) is 7.95. The van der Waals surface area contributed by atoms with Gasteiger partial charge in [-0.15, -0.1) is 0 Å². The molecule has 0 radical (unpaired) electrons. The molecule has 1 aliphatic heterocycles. The van der Waals surface area contributed by atoms with Crippen LogP contribution in [0.15, 0.2) is 35.5 Å². The van der Waals surface area contributed by atoms with Gasteiger partial charge in [-0.05, 0) is 37.3 Å². The smallest absolute Gasteiger partial charge is 0.344 e. The molecule has 1 aromatic carbocycles. The zero-order valence-electron chi connectivity index (χ0n) is 16.5. The van der Waals surface area contributed by atoms with Crippen molar-refractivity contribution in [2.24, 2.45) is 28.8 Å². The number of fused-ring (bicyclic) bond motifs is 5. The first kappa shape index (κ1) is 19.2. The van der Waals surface area contributed by atoms with Gasteiger partial charge < -0.3 is 14.7 Å². The number of allylic oxidation sites excluding steroid dienone is 2. The van der Waals surface area contributed by atoms with Gasteiger partial charge in [0.05, 0.1) is 18.1 Å². The largest absolute Gasteiger partial charge is 0.479 e. The second-order valence-corrected chi connectivity index (χ2v) is 7.95. The van der Waals surface area contributed by atoms with Gasteiger partial charge in [0.1, 0.15) is 5.75 Å². The number of hydrogen-bond donors (Lipinski definition) is 1. The number of hydrazone groups is 1. The van der Waals surface area contributed by atoms with Crippen LogP contribution < -0.4 is 9.64 Å². The number of aliphatic carboxylic acids is 1. The first-order valence-electron chi connectivity index (χ1n) is 9.59. The van der Waals surface area contributed by atoms with E-state index in [1.54, 1.807) is 12.1 Å². The molecule has 1 saturated heterocycles. The lowest BCUT2D eigenvalue weighted by Crippen LogP contribution is -2.28. The van der Waals surface area contributed by atoms with Crippen LogP contribution >= 0.6 is 0 Å². The van der Waals surface area contributed by atoms with Crippen molar-refractivity contribution in [3.8, 4) is 5.75 Å². The summed E-state index contributed by atoms with van der Waals surface area (Å²) in [6.45, 7) is 1.43. The lowest BCUT2D eigenvalue weighted by Gasteiger charge is -2.18. The Kier molecular flexibility index (Phi) is 4.64. The molecule has 152 valence electrons. The highest BCUT2D eigenvalue weighted by atomic mass is 16.5. The van der Waals surface area contributed by atoms with Gasteiger partial charge in [0.15, 0.2) is 6.10 Å². The highest BCUT2D eigenvalue weighted by Gasteiger charge is 2.59. The molecule has 3 aliphatic rings. The maximum atomic E-state index is 12.7. The zero-order chi connectivity index (χ0) is 20.9. The Morgan fingerprint density at radius 1 is 1.24 bits per heavy atom. The summed E-state index contributed by atoms with van der Waals surface area (Å²) in [5.74, 6) is -1.69. The zero-order valence-corrected chi connectivity index (χ0v) is 16.5. The normalized spacial score (nSPS) is 28.3. The third-order valence-electron chi connectivity index (χ3n) is 5.92. The van der Waals surface area contributed by atoms with E-state index in [9.17, 15) is 14.4 Å². The van der Waals surface area contributed by atoms with Crippen LogP contribution in [0.1, 0.15) is 18.9 Å². The first-order valence-corrected chi connectivity index (χ1v) is 9.59. The minimum absolute atomic E-state index is 0.122. The van der Waals surface area contributed by atoms with Gasteiger partial charge in [-0.25, -0.2) is 4.79 Å². The van der Waals surface area contributed by atoms with Crippen molar-refractivity contribution in [1.29, 1.82) is 0 Å². The Morgan fingerprint density at radius 2 is 1.86 bits per heavy atom. The van der Waals surface area contributed by atoms with Crippen LogP contribution in [0.25, 0.3) is 0 Å². The second kappa shape index (κ2) is 7.02. The fraction of sp³-hybridized carbons (Fsp3) is 0.429. The van der Waals surface area contributed by atoms with Gasteiger partial charge in [-0.2, -0.15) is 10.1 Å². The van der Waals surface area contributed by atoms with Crippen LogP contribution in [0.5, 0.6) is 5.75 Å². The predicted molar refractivity (Wildman–Crippen MR) is 106 cm³/mol. The molecule has 1 heterocycles. The van der Waals surface area contributed by atoms with E-state index in [4.69, 9.17) is 9.84 Å². The van der Waals surface area contributed by atoms with Gasteiger partial charge in [-0.3, -0.25) is 9.59 Å². The molecule has 2 amide bonds. The van der Waals surface area contributed by atoms with E-state index in [-0.39, 0.29) is 35.5 Å². The molecule has 0 unspecified atom stereocenters. The van der Waals surface area contributed by atoms with Crippen molar-refractivity contribution in [1.82, 2.24) is 5.01 Å². The van der Waals surface area contributed by atoms with Crippen molar-refractivity contribution >= 4 is 29.7 Å². The Morgan fingerprint density at radius 3 is 2.41 bits per heavy atom. The van der Waals surface area contributed by atoms with Gasteiger partial charge >= 0.3 is 5.97 Å². The van der Waals surface area contributed by atoms with E-state index in [1.807, 2.05) is 37.2 Å². The van der Waals surface area contributed by atoms with Crippen LogP contribution in [0, 0.1) is 23.7 Å². The van der Waals surface area contributed by atoms with Crippen LogP contribution in [-0.4, -0.2) is 54.3 Å². The maximum absolute atomic E-state index is 12.7. The fourth-order valence-electron chi connectivity index (χ4n) is 4.37. The highest BCUT2D eigenvalue weighted by molar-refractivity contribution is 6.07. The first-order chi connectivity index (χ1) is 13.8. The van der Waals surface area contributed by atoms with Crippen molar-refractivity contribution in [3.63, 3.8) is 0 Å². The van der Waals surface area contributed by atoms with E-state index < -0.39 is 12.1 Å². The number of anilines is 1. The number of hydrogen-bond acceptors (Lipinski definition) is 6. The molecule has 5 atom stereocenters. The summed E-state index contributed by atoms with van der Waals surface area (Å²) in [5.41, 5.74) is 1.31. The maximum Gasteiger partial charge on any atom is 0.344 e. The van der Waals surface area contributed by atoms with Crippen LogP contribution in [0.3, 0.4) is 0 Å². The monoisotopic (exact) mass is 397 g/mol. The predicted octanol–water partition coefficient (Wildman–Crippen LogP) is 1.75. The van der Waals surface area contributed by atoms with Crippen molar-refractivity contribution in [3.05, 3.63) is 35.9 Å². The quantitative estimate of drug-likeness (QED) is 0.446. The molecule has 2 bridgehead atoms. The third-order valence-corrected chi connectivity index (χ3v) is 5.92. The Hall–Kier alpha value is -3.16. The minimum atomic E-state index is -1.09. The summed E-state index contributed by atoms with van der Waals surface area (Å²) in [5, 5.41) is 14.3. The van der Waals surface area contributed by atoms with Crippen molar-refractivity contribution in [2.75, 3.05) is 19.0 Å². The van der Waals surface area contributed by atoms with Crippen molar-refractivity contribution in [2.45, 2.75) is 19.4 Å². The summed E-state index contributed by atoms with van der Waals surface area (Å²) in [6, 6.07) is 5.25. The van der Waals surface area contributed by atoms with Gasteiger partial charge in [0, 0.05) is 31.4 Å². The number of carbonyl (C=O) groups is 3. The highest BCUT2D eigenvalue weighted by Crippen LogP contribution is 2.52. The van der Waals surface area contributed by atoms with Gasteiger partial charge in [-0.1, -0.05) is 12.2 Å². The summed E-state index contributed by atoms with van der Waals surface area (Å²) >= 11 is 0. The number of nitrogens with zero attached hydrogens (tertiary/aromatic N) is 3. The van der Waals surface area contributed by atoms with E-state index in [2.05, 4.69) is 5.10 Å². The molecular formula is C21H23N3O5. The van der Waals surface area contributed by atoms with Gasteiger partial charge in [0.25, 0.3) is 11.8 Å². The molecule has 0 spiro atoms. The van der Waals surface area contributed by atoms with Gasteiger partial charge in [0.2, 0.25) is 0 Å². The molecule has 1 aromatic rings. The summed E-state index contributed by atoms with van der Waals surface area (Å²) in [6.07, 6.45) is 5.25. The van der Waals surface area contributed by atoms with Crippen LogP contribution in [0.4, 0.5) is 5.69 Å². The molecule has 4 rings (SSSR count). The number of carbonyl (C=O) groups excluding carboxylic acids is 2. The van der Waals surface area contributed by atoms with Crippen LogP contribution in [-0.2, 0) is 14.4 Å². The number of imide groups is 1. The number of carboxylic acid groups (broad SMARTS) is 1. The minimum Gasteiger partial charge on any atom is -0.479 e. The molecule has 2 aliphatic carbocycles. The number of carboxylic acids is 1. The topological polar surface area (TPSA) is 99.5 Å². The lowest BCUT2D eigenvalue weighted by molar-refractivity contribution is -0.144. The van der Waals surface area contributed by atoms with E-state index in [0.717, 1.165) is 17.1 Å². The molecule has 1 saturated carbocycles. The fourth-order valence-corrected chi connectivity index (χ4v) is 4.37. The molecular weight excluding hydrogens is 374 g/mol. The molecule has 29 heavy (non-hydrogen) atoms. The molecule has 8 nitrogen and oxygen atoms in total. The third kappa shape index (κ3) is 3.18. The Labute approximate surface area is 168 Å². The Balaban J connectivity index is 1.60. The standard InChI is InChI=1S/C21H23N3O5/c1-11(21(27)28)29-16-9-15(23(2)3)7-6-14(16)10-22-24-19(25)17-12-4-5-13(8-12)18(17)20(24)26/h4-7,9-13,17-18H,8H2,1-3H3,(H,27,28)/t11-,12-,13-,17-,18+/m0/s1. The summed E-state index contributed by atoms with van der Waals surface area (Å²) in [7, 11) is 3.71. The summed E-state index contributed by atoms with van der Waals surface area (Å²) < 4.78 is 5.57. The summed E-state index contributed by atoms with van der Waals surface area (Å²) in [4.78, 5) is 38.5. The average molecular weight is 397 g/mol. The SMILES string of the molecule is C[C@H](Oc1cc(N(C)C)ccc1C=NN1C(=O)[C@@H]2[C@H](C1=O)[C@H]1C=C[C@H]2C1)C(=O)O. The number of rotatable bonds is 6. The van der Waals surface area contributed by atoms with E-state index in [0.29, 0.717) is 11.3 Å². The molecule has 0 aromatic heterocycles. The molecule has 2 fully saturated rings. The van der Waals surface area contributed by atoms with E-state index in [1.165, 1.54) is 13.1 Å². The Bertz CT molecular complexity index is 908. The van der Waals surface area contributed by atoms with E-state index >= 15 is 0 Å². The number of benzene rings is 1. The molecule has 1 N–H and O–H groups in total.